The Bertz CT molecular complexity index is 741. The molecular formula is C26H43N3O4. The largest absolute Gasteiger partial charge is 0.444 e. The Morgan fingerprint density at radius 2 is 1.58 bits per heavy atom. The Kier molecular flexibility index (Phi) is 12.6. The summed E-state index contributed by atoms with van der Waals surface area (Å²) in [6.45, 7) is 12.3. The molecule has 1 rings (SSSR count). The highest BCUT2D eigenvalue weighted by atomic mass is 16.6. The van der Waals surface area contributed by atoms with Gasteiger partial charge in [-0.15, -0.1) is 0 Å². The molecule has 0 aromatic heterocycles. The molecule has 186 valence electrons. The van der Waals surface area contributed by atoms with Crippen LogP contribution in [-0.2, 0) is 20.7 Å². The lowest BCUT2D eigenvalue weighted by molar-refractivity contribution is -0.140. The molecular weight excluding hydrogens is 418 g/mol. The smallest absolute Gasteiger partial charge is 0.408 e. The van der Waals surface area contributed by atoms with Crippen LogP contribution in [0.3, 0.4) is 0 Å². The molecule has 33 heavy (non-hydrogen) atoms. The van der Waals surface area contributed by atoms with Gasteiger partial charge in [0.1, 0.15) is 18.2 Å². The number of carbonyl (C=O) groups excluding carboxylic acids is 3. The maximum absolute atomic E-state index is 13.3. The highest BCUT2D eigenvalue weighted by Crippen LogP contribution is 2.23. The van der Waals surface area contributed by atoms with E-state index in [0.29, 0.717) is 13.1 Å². The summed E-state index contributed by atoms with van der Waals surface area (Å²) in [5.41, 5.74) is 1.28. The molecule has 0 heterocycles. The van der Waals surface area contributed by atoms with Gasteiger partial charge in [0.15, 0.2) is 0 Å². The number of hydrogen-bond donors (Lipinski definition) is 2. The molecule has 0 aliphatic rings. The number of alkyl carbamates (subject to hydrolysis) is 1. The summed E-state index contributed by atoms with van der Waals surface area (Å²) in [6.07, 6.45) is 4.80. The van der Waals surface area contributed by atoms with E-state index in [4.69, 9.17) is 4.74 Å². The lowest BCUT2D eigenvalue weighted by Crippen LogP contribution is -2.48. The van der Waals surface area contributed by atoms with Crippen LogP contribution in [0.4, 0.5) is 4.79 Å². The van der Waals surface area contributed by atoms with Gasteiger partial charge in [-0.1, -0.05) is 64.3 Å². The van der Waals surface area contributed by atoms with Crippen molar-refractivity contribution in [1.29, 1.82) is 0 Å². The number of carbonyl (C=O) groups is 3. The van der Waals surface area contributed by atoms with Crippen LogP contribution in [0, 0.1) is 0 Å². The lowest BCUT2D eigenvalue weighted by Gasteiger charge is -2.32. The van der Waals surface area contributed by atoms with Crippen molar-refractivity contribution in [3.8, 4) is 0 Å². The number of aryl methyl sites for hydroxylation is 1. The highest BCUT2D eigenvalue weighted by Gasteiger charge is 2.31. The number of benzene rings is 1. The minimum Gasteiger partial charge on any atom is -0.444 e. The summed E-state index contributed by atoms with van der Waals surface area (Å²) in [7, 11) is 0. The molecule has 7 nitrogen and oxygen atoms in total. The Morgan fingerprint density at radius 1 is 0.939 bits per heavy atom. The Labute approximate surface area is 199 Å². The normalized spacial score (nSPS) is 12.1. The van der Waals surface area contributed by atoms with E-state index in [1.54, 1.807) is 25.7 Å². The van der Waals surface area contributed by atoms with Crippen molar-refractivity contribution in [2.24, 2.45) is 0 Å². The van der Waals surface area contributed by atoms with Gasteiger partial charge in [0.25, 0.3) is 0 Å². The summed E-state index contributed by atoms with van der Waals surface area (Å²) in [5.74, 6) is -0.512. The van der Waals surface area contributed by atoms with Crippen molar-refractivity contribution >= 4 is 17.9 Å². The third kappa shape index (κ3) is 10.7. The van der Waals surface area contributed by atoms with Gasteiger partial charge in [-0.3, -0.25) is 9.59 Å². The predicted octanol–water partition coefficient (Wildman–Crippen LogP) is 4.75. The summed E-state index contributed by atoms with van der Waals surface area (Å²) < 4.78 is 5.25. The summed E-state index contributed by atoms with van der Waals surface area (Å²) in [6, 6.07) is 7.08. The molecule has 0 saturated carbocycles. The average molecular weight is 462 g/mol. The Balaban J connectivity index is 3.15. The van der Waals surface area contributed by atoms with Crippen LogP contribution in [0.15, 0.2) is 24.3 Å². The molecule has 1 aromatic rings. The first kappa shape index (κ1) is 28.5. The van der Waals surface area contributed by atoms with Gasteiger partial charge < -0.3 is 20.3 Å². The summed E-state index contributed by atoms with van der Waals surface area (Å²) >= 11 is 0. The SMILES string of the molecule is CCCCCN(C(=O)CNC(=O)OC(C)(C)C)C(C(=O)NCCCC)c1ccc(CC)cc1. The van der Waals surface area contributed by atoms with Crippen LogP contribution < -0.4 is 10.6 Å². The van der Waals surface area contributed by atoms with Gasteiger partial charge in [-0.25, -0.2) is 4.79 Å². The molecule has 0 aliphatic carbocycles. The molecule has 7 heteroatoms. The van der Waals surface area contributed by atoms with Crippen molar-refractivity contribution in [3.05, 3.63) is 35.4 Å². The average Bonchev–Trinajstić information content (AvgIpc) is 2.76. The van der Waals surface area contributed by atoms with E-state index >= 15 is 0 Å². The molecule has 0 saturated heterocycles. The third-order valence-electron chi connectivity index (χ3n) is 5.20. The van der Waals surface area contributed by atoms with Crippen LogP contribution in [0.5, 0.6) is 0 Å². The first-order valence-electron chi connectivity index (χ1n) is 12.3. The zero-order valence-electron chi connectivity index (χ0n) is 21.3. The van der Waals surface area contributed by atoms with E-state index < -0.39 is 17.7 Å². The molecule has 3 amide bonds. The fourth-order valence-electron chi connectivity index (χ4n) is 3.39. The first-order valence-corrected chi connectivity index (χ1v) is 12.3. The van der Waals surface area contributed by atoms with Crippen LogP contribution in [0.2, 0.25) is 0 Å². The number of nitrogens with one attached hydrogen (secondary N) is 2. The second-order valence-corrected chi connectivity index (χ2v) is 9.29. The van der Waals surface area contributed by atoms with E-state index in [1.165, 1.54) is 5.56 Å². The van der Waals surface area contributed by atoms with Gasteiger partial charge in [-0.2, -0.15) is 0 Å². The van der Waals surface area contributed by atoms with Gasteiger partial charge in [0.2, 0.25) is 11.8 Å². The van der Waals surface area contributed by atoms with Gasteiger partial charge >= 0.3 is 6.09 Å². The highest BCUT2D eigenvalue weighted by molar-refractivity contribution is 5.90. The molecule has 0 fully saturated rings. The van der Waals surface area contributed by atoms with Gasteiger partial charge in [0, 0.05) is 13.1 Å². The Hall–Kier alpha value is -2.57. The number of nitrogens with zero attached hydrogens (tertiary/aromatic N) is 1. The van der Waals surface area contributed by atoms with E-state index in [1.807, 2.05) is 24.3 Å². The van der Waals surface area contributed by atoms with E-state index in [2.05, 4.69) is 31.4 Å². The number of amides is 3. The molecule has 0 aliphatic heterocycles. The second-order valence-electron chi connectivity index (χ2n) is 9.29. The molecule has 1 atom stereocenters. The maximum Gasteiger partial charge on any atom is 0.408 e. The van der Waals surface area contributed by atoms with E-state index in [9.17, 15) is 14.4 Å². The minimum atomic E-state index is -0.752. The number of hydrogen-bond acceptors (Lipinski definition) is 4. The standard InChI is InChI=1S/C26H43N3O4/c1-7-10-12-18-29(22(30)19-28-25(32)33-26(4,5)6)23(24(31)27-17-11-8-2)21-15-13-20(9-3)14-16-21/h13-16,23H,7-12,17-19H2,1-6H3,(H,27,31)(H,28,32). The van der Waals surface area contributed by atoms with Crippen LogP contribution in [0.1, 0.15) is 90.8 Å². The van der Waals surface area contributed by atoms with Crippen molar-refractivity contribution in [2.45, 2.75) is 91.7 Å². The predicted molar refractivity (Wildman–Crippen MR) is 132 cm³/mol. The van der Waals surface area contributed by atoms with E-state index in [0.717, 1.165) is 44.1 Å². The third-order valence-corrected chi connectivity index (χ3v) is 5.20. The van der Waals surface area contributed by atoms with Crippen LogP contribution in [0.25, 0.3) is 0 Å². The van der Waals surface area contributed by atoms with Crippen molar-refractivity contribution in [2.75, 3.05) is 19.6 Å². The maximum atomic E-state index is 13.3. The van der Waals surface area contributed by atoms with E-state index in [-0.39, 0.29) is 18.4 Å². The minimum absolute atomic E-state index is 0.199. The lowest BCUT2D eigenvalue weighted by atomic mass is 10.0. The van der Waals surface area contributed by atoms with Gasteiger partial charge in [-0.05, 0) is 51.2 Å². The van der Waals surface area contributed by atoms with Crippen LogP contribution in [-0.4, -0.2) is 48.0 Å². The second kappa shape index (κ2) is 14.6. The van der Waals surface area contributed by atoms with Gasteiger partial charge in [0.05, 0.1) is 0 Å². The molecule has 0 spiro atoms. The molecule has 2 N–H and O–H groups in total. The monoisotopic (exact) mass is 461 g/mol. The number of unbranched alkanes of at least 4 members (excludes halogenated alkanes) is 3. The van der Waals surface area contributed by atoms with Crippen molar-refractivity contribution in [1.82, 2.24) is 15.5 Å². The fourth-order valence-corrected chi connectivity index (χ4v) is 3.39. The zero-order chi connectivity index (χ0) is 24.9. The molecule has 0 bridgehead atoms. The zero-order valence-corrected chi connectivity index (χ0v) is 21.3. The first-order chi connectivity index (χ1) is 15.6. The summed E-state index contributed by atoms with van der Waals surface area (Å²) in [5, 5.41) is 5.53. The molecule has 1 aromatic carbocycles. The molecule has 0 radical (unpaired) electrons. The van der Waals surface area contributed by atoms with Crippen molar-refractivity contribution < 1.29 is 19.1 Å². The number of ether oxygens (including phenoxy) is 1. The molecule has 1 unspecified atom stereocenters. The van der Waals surface area contributed by atoms with Crippen LogP contribution >= 0.6 is 0 Å². The fraction of sp³-hybridized carbons (Fsp3) is 0.654. The van der Waals surface area contributed by atoms with Crippen molar-refractivity contribution in [3.63, 3.8) is 0 Å². The number of rotatable bonds is 13. The topological polar surface area (TPSA) is 87.7 Å². The Morgan fingerprint density at radius 3 is 2.12 bits per heavy atom. The summed E-state index contributed by atoms with van der Waals surface area (Å²) in [4.78, 5) is 40.2. The quantitative estimate of drug-likeness (QED) is 0.415.